The Kier molecular flexibility index (Phi) is 8.28. The molecule has 1 heterocycles. The molecule has 1 aliphatic rings. The van der Waals surface area contributed by atoms with Gasteiger partial charge >= 0.3 is 0 Å². The Bertz CT molecular complexity index is 460. The van der Waals surface area contributed by atoms with Crippen molar-refractivity contribution >= 4 is 18.3 Å². The molecule has 0 atom stereocenters. The maximum Gasteiger partial charge on any atom is 0.227 e. The van der Waals surface area contributed by atoms with Gasteiger partial charge in [-0.05, 0) is 44.8 Å². The maximum absolute atomic E-state index is 12.4. The average Bonchev–Trinajstić information content (AvgIpc) is 2.54. The van der Waals surface area contributed by atoms with Gasteiger partial charge in [-0.3, -0.25) is 4.79 Å². The van der Waals surface area contributed by atoms with Crippen molar-refractivity contribution in [2.75, 3.05) is 33.8 Å². The molecular formula is C17H27ClN2O2. The van der Waals surface area contributed by atoms with Crippen LogP contribution in [0.15, 0.2) is 24.3 Å². The topological polar surface area (TPSA) is 41.6 Å². The second kappa shape index (κ2) is 9.70. The van der Waals surface area contributed by atoms with Crippen LogP contribution in [0.5, 0.6) is 5.75 Å². The van der Waals surface area contributed by atoms with E-state index in [2.05, 4.69) is 5.32 Å². The quantitative estimate of drug-likeness (QED) is 0.873. The largest absolute Gasteiger partial charge is 0.496 e. The minimum Gasteiger partial charge on any atom is -0.496 e. The minimum atomic E-state index is 0. The molecule has 1 aliphatic heterocycles. The second-order valence-electron chi connectivity index (χ2n) is 5.71. The van der Waals surface area contributed by atoms with Crippen molar-refractivity contribution in [3.8, 4) is 5.75 Å². The van der Waals surface area contributed by atoms with Gasteiger partial charge < -0.3 is 15.0 Å². The highest BCUT2D eigenvalue weighted by Gasteiger charge is 2.23. The molecule has 0 radical (unpaired) electrons. The van der Waals surface area contributed by atoms with Gasteiger partial charge in [0.2, 0.25) is 5.91 Å². The Morgan fingerprint density at radius 1 is 1.32 bits per heavy atom. The highest BCUT2D eigenvalue weighted by atomic mass is 35.5. The molecule has 1 aromatic rings. The van der Waals surface area contributed by atoms with E-state index in [1.165, 1.54) is 6.42 Å². The lowest BCUT2D eigenvalue weighted by Gasteiger charge is -2.32. The number of benzene rings is 1. The summed E-state index contributed by atoms with van der Waals surface area (Å²) in [6.45, 7) is 2.85. The van der Waals surface area contributed by atoms with Crippen LogP contribution in [-0.2, 0) is 11.2 Å². The standard InChI is InChI=1S/C17H26N2O2.ClH/c1-18-10-7-14-8-11-19(12-9-14)17(20)13-15-5-3-4-6-16(15)21-2;/h3-6,14,18H,7-13H2,1-2H3;1H. The smallest absolute Gasteiger partial charge is 0.227 e. The summed E-state index contributed by atoms with van der Waals surface area (Å²) in [5.41, 5.74) is 0.974. The van der Waals surface area contributed by atoms with Crippen molar-refractivity contribution in [1.82, 2.24) is 10.2 Å². The molecule has 124 valence electrons. The fraction of sp³-hybridized carbons (Fsp3) is 0.588. The number of rotatable bonds is 6. The van der Waals surface area contributed by atoms with Crippen molar-refractivity contribution in [2.24, 2.45) is 5.92 Å². The lowest BCUT2D eigenvalue weighted by Crippen LogP contribution is -2.39. The Morgan fingerprint density at radius 2 is 2.00 bits per heavy atom. The number of carbonyl (C=O) groups excluding carboxylic acids is 1. The van der Waals surface area contributed by atoms with E-state index >= 15 is 0 Å². The molecule has 1 fully saturated rings. The summed E-state index contributed by atoms with van der Waals surface area (Å²) in [5, 5.41) is 3.20. The van der Waals surface area contributed by atoms with Crippen LogP contribution in [0.2, 0.25) is 0 Å². The molecule has 0 aromatic heterocycles. The molecule has 1 aromatic carbocycles. The summed E-state index contributed by atoms with van der Waals surface area (Å²) >= 11 is 0. The molecule has 1 saturated heterocycles. The Balaban J connectivity index is 0.00000242. The second-order valence-corrected chi connectivity index (χ2v) is 5.71. The first-order valence-corrected chi connectivity index (χ1v) is 7.79. The summed E-state index contributed by atoms with van der Waals surface area (Å²) < 4.78 is 5.32. The van der Waals surface area contributed by atoms with E-state index in [1.54, 1.807) is 7.11 Å². The number of likely N-dealkylation sites (tertiary alicyclic amines) is 1. The van der Waals surface area contributed by atoms with Crippen LogP contribution in [0.4, 0.5) is 0 Å². The number of para-hydroxylation sites is 1. The third kappa shape index (κ3) is 5.18. The highest BCUT2D eigenvalue weighted by Crippen LogP contribution is 2.22. The molecule has 2 rings (SSSR count). The first-order chi connectivity index (χ1) is 10.2. The lowest BCUT2D eigenvalue weighted by atomic mass is 9.93. The number of methoxy groups -OCH3 is 1. The fourth-order valence-electron chi connectivity index (χ4n) is 2.94. The van der Waals surface area contributed by atoms with Crippen molar-refractivity contribution in [2.45, 2.75) is 25.7 Å². The summed E-state index contributed by atoms with van der Waals surface area (Å²) in [6, 6.07) is 7.76. The number of amides is 1. The van der Waals surface area contributed by atoms with Crippen LogP contribution in [0, 0.1) is 5.92 Å². The van der Waals surface area contributed by atoms with Crippen LogP contribution in [0.1, 0.15) is 24.8 Å². The molecular weight excluding hydrogens is 300 g/mol. The minimum absolute atomic E-state index is 0. The number of nitrogens with zero attached hydrogens (tertiary/aromatic N) is 1. The van der Waals surface area contributed by atoms with Gasteiger partial charge in [-0.25, -0.2) is 0 Å². The number of piperidine rings is 1. The van der Waals surface area contributed by atoms with Gasteiger partial charge in [0.05, 0.1) is 13.5 Å². The Labute approximate surface area is 139 Å². The van der Waals surface area contributed by atoms with Crippen LogP contribution >= 0.6 is 12.4 Å². The molecule has 0 spiro atoms. The number of hydrogen-bond acceptors (Lipinski definition) is 3. The molecule has 4 nitrogen and oxygen atoms in total. The van der Waals surface area contributed by atoms with E-state index in [1.807, 2.05) is 36.2 Å². The number of ether oxygens (including phenoxy) is 1. The van der Waals surface area contributed by atoms with E-state index in [0.717, 1.165) is 49.7 Å². The predicted octanol–water partition coefficient (Wildman–Crippen LogP) is 2.51. The summed E-state index contributed by atoms with van der Waals surface area (Å²) in [7, 11) is 3.64. The zero-order chi connectivity index (χ0) is 15.1. The van der Waals surface area contributed by atoms with Crippen molar-refractivity contribution in [3.63, 3.8) is 0 Å². The van der Waals surface area contributed by atoms with Gasteiger partial charge in [0.15, 0.2) is 0 Å². The molecule has 22 heavy (non-hydrogen) atoms. The van der Waals surface area contributed by atoms with Gasteiger partial charge in [-0.1, -0.05) is 18.2 Å². The van der Waals surface area contributed by atoms with E-state index in [-0.39, 0.29) is 18.3 Å². The number of carbonyl (C=O) groups is 1. The predicted molar refractivity (Wildman–Crippen MR) is 91.8 cm³/mol. The first-order valence-electron chi connectivity index (χ1n) is 7.79. The monoisotopic (exact) mass is 326 g/mol. The molecule has 1 amide bonds. The van der Waals surface area contributed by atoms with E-state index < -0.39 is 0 Å². The van der Waals surface area contributed by atoms with E-state index in [0.29, 0.717) is 6.42 Å². The Hall–Kier alpha value is -1.26. The van der Waals surface area contributed by atoms with Crippen LogP contribution < -0.4 is 10.1 Å². The summed E-state index contributed by atoms with van der Waals surface area (Å²) in [5.74, 6) is 1.77. The zero-order valence-electron chi connectivity index (χ0n) is 13.5. The molecule has 0 bridgehead atoms. The number of halogens is 1. The maximum atomic E-state index is 12.4. The van der Waals surface area contributed by atoms with Gasteiger partial charge in [-0.15, -0.1) is 12.4 Å². The van der Waals surface area contributed by atoms with Gasteiger partial charge in [0.1, 0.15) is 5.75 Å². The van der Waals surface area contributed by atoms with Gasteiger partial charge in [0, 0.05) is 18.7 Å². The van der Waals surface area contributed by atoms with Crippen molar-refractivity contribution in [1.29, 1.82) is 0 Å². The normalized spacial score (nSPS) is 15.3. The SMILES string of the molecule is CNCCC1CCN(C(=O)Cc2ccccc2OC)CC1.Cl. The van der Waals surface area contributed by atoms with Crippen LogP contribution in [0.3, 0.4) is 0 Å². The number of hydrogen-bond donors (Lipinski definition) is 1. The van der Waals surface area contributed by atoms with Crippen LogP contribution in [-0.4, -0.2) is 44.6 Å². The molecule has 1 N–H and O–H groups in total. The van der Waals surface area contributed by atoms with E-state index in [4.69, 9.17) is 4.74 Å². The highest BCUT2D eigenvalue weighted by molar-refractivity contribution is 5.85. The molecule has 0 saturated carbocycles. The number of nitrogens with one attached hydrogen (secondary N) is 1. The summed E-state index contributed by atoms with van der Waals surface area (Å²) in [6.07, 6.45) is 3.90. The van der Waals surface area contributed by atoms with Crippen LogP contribution in [0.25, 0.3) is 0 Å². The average molecular weight is 327 g/mol. The third-order valence-corrected chi connectivity index (χ3v) is 4.30. The zero-order valence-corrected chi connectivity index (χ0v) is 14.3. The molecule has 0 aliphatic carbocycles. The Morgan fingerprint density at radius 3 is 2.64 bits per heavy atom. The lowest BCUT2D eigenvalue weighted by molar-refractivity contribution is -0.131. The van der Waals surface area contributed by atoms with Crippen molar-refractivity contribution < 1.29 is 9.53 Å². The summed E-state index contributed by atoms with van der Waals surface area (Å²) in [4.78, 5) is 14.4. The first kappa shape index (κ1) is 18.8. The van der Waals surface area contributed by atoms with E-state index in [9.17, 15) is 4.79 Å². The van der Waals surface area contributed by atoms with Gasteiger partial charge in [-0.2, -0.15) is 0 Å². The van der Waals surface area contributed by atoms with Gasteiger partial charge in [0.25, 0.3) is 0 Å². The third-order valence-electron chi connectivity index (χ3n) is 4.30. The van der Waals surface area contributed by atoms with Crippen molar-refractivity contribution in [3.05, 3.63) is 29.8 Å². The molecule has 5 heteroatoms. The fourth-order valence-corrected chi connectivity index (χ4v) is 2.94. The molecule has 0 unspecified atom stereocenters.